The van der Waals surface area contributed by atoms with Crippen molar-refractivity contribution >= 4 is 5.97 Å². The van der Waals surface area contributed by atoms with Crippen LogP contribution >= 0.6 is 0 Å². The predicted octanol–water partition coefficient (Wildman–Crippen LogP) is 1.24. The summed E-state index contributed by atoms with van der Waals surface area (Å²) in [4.78, 5) is 11.2. The van der Waals surface area contributed by atoms with Gasteiger partial charge in [0, 0.05) is 12.3 Å². The van der Waals surface area contributed by atoms with Crippen LogP contribution in [-0.2, 0) is 9.53 Å². The van der Waals surface area contributed by atoms with Crippen LogP contribution in [0.25, 0.3) is 0 Å². The standard InChI is InChI=1S/C13H22O4/c1-2-3-8(14)4-5-9-10-6-13(16)17-12(10)7-11(9)15/h8-12,14-15H,2-7H2,1H3/t8-,9+,10+,11+,12-/m0/s1. The number of rotatable bonds is 5. The van der Waals surface area contributed by atoms with Crippen molar-refractivity contribution in [1.29, 1.82) is 0 Å². The van der Waals surface area contributed by atoms with Gasteiger partial charge in [-0.1, -0.05) is 13.3 Å². The number of esters is 1. The molecule has 2 fully saturated rings. The van der Waals surface area contributed by atoms with Gasteiger partial charge in [0.15, 0.2) is 0 Å². The van der Waals surface area contributed by atoms with E-state index in [1.165, 1.54) is 0 Å². The van der Waals surface area contributed by atoms with Gasteiger partial charge >= 0.3 is 5.97 Å². The molecular weight excluding hydrogens is 220 g/mol. The lowest BCUT2D eigenvalue weighted by atomic mass is 9.87. The maximum Gasteiger partial charge on any atom is 0.306 e. The molecule has 0 unspecified atom stereocenters. The molecule has 4 heteroatoms. The van der Waals surface area contributed by atoms with Gasteiger partial charge in [0.05, 0.1) is 18.6 Å². The Morgan fingerprint density at radius 2 is 2.24 bits per heavy atom. The highest BCUT2D eigenvalue weighted by atomic mass is 16.6. The summed E-state index contributed by atoms with van der Waals surface area (Å²) in [6.07, 6.45) is 3.59. The Bertz CT molecular complexity index is 279. The summed E-state index contributed by atoms with van der Waals surface area (Å²) in [7, 11) is 0. The molecule has 0 aromatic heterocycles. The highest BCUT2D eigenvalue weighted by molar-refractivity contribution is 5.72. The Kier molecular flexibility index (Phi) is 4.05. The number of fused-ring (bicyclic) bond motifs is 1. The Hall–Kier alpha value is -0.610. The molecule has 4 nitrogen and oxygen atoms in total. The van der Waals surface area contributed by atoms with Crippen LogP contribution in [0, 0.1) is 11.8 Å². The zero-order valence-corrected chi connectivity index (χ0v) is 10.3. The molecule has 2 N–H and O–H groups in total. The van der Waals surface area contributed by atoms with E-state index in [1.54, 1.807) is 0 Å². The van der Waals surface area contributed by atoms with Crippen molar-refractivity contribution in [3.63, 3.8) is 0 Å². The van der Waals surface area contributed by atoms with Crippen LogP contribution in [-0.4, -0.2) is 34.5 Å². The fraction of sp³-hybridized carbons (Fsp3) is 0.923. The van der Waals surface area contributed by atoms with Crippen molar-refractivity contribution in [3.8, 4) is 0 Å². The van der Waals surface area contributed by atoms with Crippen LogP contribution in [0.5, 0.6) is 0 Å². The van der Waals surface area contributed by atoms with E-state index in [0.717, 1.165) is 19.3 Å². The van der Waals surface area contributed by atoms with Gasteiger partial charge in [-0.3, -0.25) is 4.79 Å². The average Bonchev–Trinajstić information content (AvgIpc) is 2.71. The molecule has 5 atom stereocenters. The molecule has 2 rings (SSSR count). The van der Waals surface area contributed by atoms with E-state index in [2.05, 4.69) is 0 Å². The summed E-state index contributed by atoms with van der Waals surface area (Å²) in [5.74, 6) is 0.162. The zero-order chi connectivity index (χ0) is 12.4. The third-order valence-corrected chi connectivity index (χ3v) is 4.14. The summed E-state index contributed by atoms with van der Waals surface area (Å²) >= 11 is 0. The molecule has 0 amide bonds. The largest absolute Gasteiger partial charge is 0.462 e. The fourth-order valence-corrected chi connectivity index (χ4v) is 3.25. The molecule has 98 valence electrons. The highest BCUT2D eigenvalue weighted by Crippen LogP contribution is 2.43. The lowest BCUT2D eigenvalue weighted by Gasteiger charge is -2.20. The Balaban J connectivity index is 1.85. The molecule has 0 aromatic rings. The Labute approximate surface area is 102 Å². The summed E-state index contributed by atoms with van der Waals surface area (Å²) in [6, 6.07) is 0. The molecule has 0 bridgehead atoms. The molecular formula is C13H22O4. The number of aliphatic hydroxyl groups is 2. The minimum atomic E-state index is -0.369. The molecule has 0 radical (unpaired) electrons. The molecule has 1 aliphatic heterocycles. The lowest BCUT2D eigenvalue weighted by Crippen LogP contribution is -2.22. The van der Waals surface area contributed by atoms with Crippen LogP contribution in [0.1, 0.15) is 45.4 Å². The molecule has 2 aliphatic rings. The molecule has 1 aliphatic carbocycles. The molecule has 17 heavy (non-hydrogen) atoms. The maximum absolute atomic E-state index is 11.2. The van der Waals surface area contributed by atoms with Crippen molar-refractivity contribution in [2.24, 2.45) is 11.8 Å². The second-order valence-corrected chi connectivity index (χ2v) is 5.38. The topological polar surface area (TPSA) is 66.8 Å². The van der Waals surface area contributed by atoms with E-state index in [0.29, 0.717) is 19.3 Å². The zero-order valence-electron chi connectivity index (χ0n) is 10.3. The second-order valence-electron chi connectivity index (χ2n) is 5.38. The van der Waals surface area contributed by atoms with Crippen LogP contribution < -0.4 is 0 Å². The van der Waals surface area contributed by atoms with E-state index in [4.69, 9.17) is 4.74 Å². The van der Waals surface area contributed by atoms with E-state index < -0.39 is 0 Å². The normalized spacial score (nSPS) is 37.9. The SMILES string of the molecule is CCC[C@H](O)CC[C@@H]1[C@H]2CC(=O)O[C@H]2C[C@H]1O. The van der Waals surface area contributed by atoms with Crippen molar-refractivity contribution in [2.45, 2.75) is 63.8 Å². The van der Waals surface area contributed by atoms with Crippen molar-refractivity contribution in [2.75, 3.05) is 0 Å². The van der Waals surface area contributed by atoms with E-state index >= 15 is 0 Å². The first kappa shape index (κ1) is 12.8. The molecule has 0 spiro atoms. The summed E-state index contributed by atoms with van der Waals surface area (Å²) in [6.45, 7) is 2.05. The first-order valence-corrected chi connectivity index (χ1v) is 6.67. The van der Waals surface area contributed by atoms with Gasteiger partial charge in [-0.25, -0.2) is 0 Å². The number of aliphatic hydroxyl groups excluding tert-OH is 2. The number of ether oxygens (including phenoxy) is 1. The fourth-order valence-electron chi connectivity index (χ4n) is 3.25. The van der Waals surface area contributed by atoms with Crippen LogP contribution in [0.2, 0.25) is 0 Å². The van der Waals surface area contributed by atoms with Crippen LogP contribution in [0.3, 0.4) is 0 Å². The maximum atomic E-state index is 11.2. The van der Waals surface area contributed by atoms with E-state index in [9.17, 15) is 15.0 Å². The third-order valence-electron chi connectivity index (χ3n) is 4.14. The summed E-state index contributed by atoms with van der Waals surface area (Å²) < 4.78 is 5.18. The number of hydrogen-bond acceptors (Lipinski definition) is 4. The molecule has 0 aromatic carbocycles. The van der Waals surface area contributed by atoms with Crippen molar-refractivity contribution < 1.29 is 19.7 Å². The first-order chi connectivity index (χ1) is 8.11. The Morgan fingerprint density at radius 1 is 1.47 bits per heavy atom. The van der Waals surface area contributed by atoms with Crippen molar-refractivity contribution in [1.82, 2.24) is 0 Å². The van der Waals surface area contributed by atoms with Crippen molar-refractivity contribution in [3.05, 3.63) is 0 Å². The molecule has 1 heterocycles. The number of hydrogen-bond donors (Lipinski definition) is 2. The number of carbonyl (C=O) groups excluding carboxylic acids is 1. The smallest absolute Gasteiger partial charge is 0.306 e. The highest BCUT2D eigenvalue weighted by Gasteiger charge is 2.49. The molecule has 1 saturated carbocycles. The van der Waals surface area contributed by atoms with Gasteiger partial charge in [0.25, 0.3) is 0 Å². The average molecular weight is 242 g/mol. The quantitative estimate of drug-likeness (QED) is 0.712. The number of carbonyl (C=O) groups is 1. The van der Waals surface area contributed by atoms with E-state index in [-0.39, 0.29) is 36.1 Å². The lowest BCUT2D eigenvalue weighted by molar-refractivity contribution is -0.141. The summed E-state index contributed by atoms with van der Waals surface area (Å²) in [5, 5.41) is 19.7. The van der Waals surface area contributed by atoms with Gasteiger partial charge in [-0.15, -0.1) is 0 Å². The summed E-state index contributed by atoms with van der Waals surface area (Å²) in [5.41, 5.74) is 0. The minimum Gasteiger partial charge on any atom is -0.462 e. The van der Waals surface area contributed by atoms with Gasteiger partial charge in [0.1, 0.15) is 6.10 Å². The van der Waals surface area contributed by atoms with E-state index in [1.807, 2.05) is 6.92 Å². The second kappa shape index (κ2) is 5.36. The molecule has 1 saturated heterocycles. The monoisotopic (exact) mass is 242 g/mol. The van der Waals surface area contributed by atoms with Crippen LogP contribution in [0.15, 0.2) is 0 Å². The van der Waals surface area contributed by atoms with Crippen LogP contribution in [0.4, 0.5) is 0 Å². The predicted molar refractivity (Wildman–Crippen MR) is 62.2 cm³/mol. The minimum absolute atomic E-state index is 0.0779. The van der Waals surface area contributed by atoms with Gasteiger partial charge in [-0.05, 0) is 25.2 Å². The third kappa shape index (κ3) is 2.80. The first-order valence-electron chi connectivity index (χ1n) is 6.67. The van der Waals surface area contributed by atoms with Gasteiger partial charge in [-0.2, -0.15) is 0 Å². The van der Waals surface area contributed by atoms with Gasteiger partial charge in [0.2, 0.25) is 0 Å². The Morgan fingerprint density at radius 3 is 2.94 bits per heavy atom. The van der Waals surface area contributed by atoms with Gasteiger partial charge < -0.3 is 14.9 Å².